The molecule has 1 aromatic rings. The van der Waals surface area contributed by atoms with Gasteiger partial charge < -0.3 is 9.47 Å². The second-order valence-electron chi connectivity index (χ2n) is 5.60. The molecule has 0 heterocycles. The normalized spacial score (nSPS) is 11.4. The maximum atomic E-state index is 11.5. The number of carbonyl (C=O) groups is 1. The van der Waals surface area contributed by atoms with Crippen LogP contribution >= 0.6 is 0 Å². The third kappa shape index (κ3) is 5.21. The maximum Gasteiger partial charge on any atom is 0.344 e. The average molecular weight is 250 g/mol. The van der Waals surface area contributed by atoms with Crippen molar-refractivity contribution in [2.75, 3.05) is 6.61 Å². The summed E-state index contributed by atoms with van der Waals surface area (Å²) in [6.07, 6.45) is 0. The second kappa shape index (κ2) is 5.89. The summed E-state index contributed by atoms with van der Waals surface area (Å²) in [5.74, 6) is 0.825. The van der Waals surface area contributed by atoms with E-state index >= 15 is 0 Å². The largest absolute Gasteiger partial charge is 0.482 e. The summed E-state index contributed by atoms with van der Waals surface area (Å²) in [5, 5.41) is 0. The Morgan fingerprint density at radius 3 is 2.17 bits per heavy atom. The van der Waals surface area contributed by atoms with Gasteiger partial charge in [0.05, 0.1) is 0 Å². The summed E-state index contributed by atoms with van der Waals surface area (Å²) in [7, 11) is 0. The van der Waals surface area contributed by atoms with Gasteiger partial charge in [-0.2, -0.15) is 0 Å². The van der Waals surface area contributed by atoms with Crippen molar-refractivity contribution < 1.29 is 14.3 Å². The molecule has 18 heavy (non-hydrogen) atoms. The first-order chi connectivity index (χ1) is 8.28. The van der Waals surface area contributed by atoms with Crippen LogP contribution in [-0.2, 0) is 9.53 Å². The molecule has 1 rings (SSSR count). The van der Waals surface area contributed by atoms with Crippen LogP contribution in [0.5, 0.6) is 5.75 Å². The van der Waals surface area contributed by atoms with E-state index in [2.05, 4.69) is 13.8 Å². The van der Waals surface area contributed by atoms with Gasteiger partial charge in [0.1, 0.15) is 11.4 Å². The summed E-state index contributed by atoms with van der Waals surface area (Å²) in [5.41, 5.74) is 0.779. The van der Waals surface area contributed by atoms with E-state index in [1.807, 2.05) is 45.0 Å². The summed E-state index contributed by atoms with van der Waals surface area (Å²) >= 11 is 0. The van der Waals surface area contributed by atoms with Crippen molar-refractivity contribution in [3.8, 4) is 5.75 Å². The number of hydrogen-bond donors (Lipinski definition) is 0. The molecule has 0 radical (unpaired) electrons. The van der Waals surface area contributed by atoms with Crippen molar-refractivity contribution in [2.45, 2.75) is 46.1 Å². The summed E-state index contributed by atoms with van der Waals surface area (Å²) in [4.78, 5) is 11.5. The zero-order chi connectivity index (χ0) is 13.8. The molecule has 0 amide bonds. The van der Waals surface area contributed by atoms with Crippen molar-refractivity contribution in [1.29, 1.82) is 0 Å². The van der Waals surface area contributed by atoms with Crippen molar-refractivity contribution in [3.05, 3.63) is 29.8 Å². The molecule has 0 bridgehead atoms. The fraction of sp³-hybridized carbons (Fsp3) is 0.533. The zero-order valence-corrected chi connectivity index (χ0v) is 11.8. The minimum Gasteiger partial charge on any atom is -0.482 e. The minimum absolute atomic E-state index is 0.0572. The fourth-order valence-corrected chi connectivity index (χ4v) is 1.46. The molecule has 0 aliphatic rings. The number of benzene rings is 1. The van der Waals surface area contributed by atoms with Crippen LogP contribution < -0.4 is 4.74 Å². The van der Waals surface area contributed by atoms with Crippen molar-refractivity contribution in [2.24, 2.45) is 0 Å². The summed E-state index contributed by atoms with van der Waals surface area (Å²) in [6, 6.07) is 7.77. The quantitative estimate of drug-likeness (QED) is 0.767. The van der Waals surface area contributed by atoms with E-state index < -0.39 is 5.60 Å². The predicted octanol–water partition coefficient (Wildman–Crippen LogP) is 3.53. The van der Waals surface area contributed by atoms with Gasteiger partial charge in [-0.25, -0.2) is 4.79 Å². The van der Waals surface area contributed by atoms with Gasteiger partial charge in [0, 0.05) is 0 Å². The Balaban J connectivity index is 2.46. The van der Waals surface area contributed by atoms with Gasteiger partial charge in [0.2, 0.25) is 0 Å². The number of carbonyl (C=O) groups excluding carboxylic acids is 1. The van der Waals surface area contributed by atoms with Gasteiger partial charge in [-0.3, -0.25) is 0 Å². The highest BCUT2D eigenvalue weighted by Crippen LogP contribution is 2.18. The molecule has 0 atom stereocenters. The molecule has 0 saturated heterocycles. The Labute approximate surface area is 109 Å². The van der Waals surface area contributed by atoms with Crippen LogP contribution in [0.1, 0.15) is 46.1 Å². The average Bonchev–Trinajstić information content (AvgIpc) is 2.24. The third-order valence-electron chi connectivity index (χ3n) is 2.32. The Morgan fingerprint density at radius 1 is 1.17 bits per heavy atom. The zero-order valence-electron chi connectivity index (χ0n) is 11.8. The van der Waals surface area contributed by atoms with Crippen LogP contribution in [0.15, 0.2) is 24.3 Å². The lowest BCUT2D eigenvalue weighted by atomic mass is 10.0. The van der Waals surface area contributed by atoms with Gasteiger partial charge >= 0.3 is 5.97 Å². The van der Waals surface area contributed by atoms with Gasteiger partial charge in [-0.1, -0.05) is 26.0 Å². The van der Waals surface area contributed by atoms with Gasteiger partial charge in [-0.15, -0.1) is 0 Å². The van der Waals surface area contributed by atoms with Crippen LogP contribution in [-0.4, -0.2) is 18.2 Å². The SMILES string of the molecule is CC(C)c1ccc(OCC(=O)OC(C)(C)C)cc1. The Morgan fingerprint density at radius 2 is 1.72 bits per heavy atom. The molecule has 0 aliphatic heterocycles. The maximum absolute atomic E-state index is 11.5. The van der Waals surface area contributed by atoms with Crippen LogP contribution in [0.2, 0.25) is 0 Å². The van der Waals surface area contributed by atoms with Crippen LogP contribution in [0.4, 0.5) is 0 Å². The molecule has 0 N–H and O–H groups in total. The molecule has 0 fully saturated rings. The first-order valence-electron chi connectivity index (χ1n) is 6.22. The van der Waals surface area contributed by atoms with Gasteiger partial charge in [-0.05, 0) is 44.4 Å². The highest BCUT2D eigenvalue weighted by molar-refractivity contribution is 5.71. The van der Waals surface area contributed by atoms with E-state index in [4.69, 9.17) is 9.47 Å². The van der Waals surface area contributed by atoms with Gasteiger partial charge in [0.15, 0.2) is 6.61 Å². The van der Waals surface area contributed by atoms with Crippen molar-refractivity contribution >= 4 is 5.97 Å². The first kappa shape index (κ1) is 14.6. The van der Waals surface area contributed by atoms with E-state index in [0.717, 1.165) is 0 Å². The standard InChI is InChI=1S/C15H22O3/c1-11(2)12-6-8-13(9-7-12)17-10-14(16)18-15(3,4)5/h6-9,11H,10H2,1-5H3. The highest BCUT2D eigenvalue weighted by Gasteiger charge is 2.16. The number of rotatable bonds is 4. The molecule has 3 nitrogen and oxygen atoms in total. The second-order valence-corrected chi connectivity index (χ2v) is 5.60. The molecule has 0 aliphatic carbocycles. The fourth-order valence-electron chi connectivity index (χ4n) is 1.46. The first-order valence-corrected chi connectivity index (χ1v) is 6.22. The lowest BCUT2D eigenvalue weighted by Crippen LogP contribution is -2.27. The van der Waals surface area contributed by atoms with Crippen LogP contribution in [0.3, 0.4) is 0 Å². The van der Waals surface area contributed by atoms with Crippen LogP contribution in [0, 0.1) is 0 Å². The molecular weight excluding hydrogens is 228 g/mol. The molecule has 1 aromatic carbocycles. The summed E-state index contributed by atoms with van der Waals surface area (Å²) < 4.78 is 10.5. The molecule has 0 saturated carbocycles. The Hall–Kier alpha value is -1.51. The predicted molar refractivity (Wildman–Crippen MR) is 71.9 cm³/mol. The molecular formula is C15H22O3. The van der Waals surface area contributed by atoms with Crippen LogP contribution in [0.25, 0.3) is 0 Å². The van der Waals surface area contributed by atoms with E-state index in [1.54, 1.807) is 0 Å². The smallest absolute Gasteiger partial charge is 0.344 e. The number of esters is 1. The molecule has 3 heteroatoms. The molecule has 0 unspecified atom stereocenters. The summed E-state index contributed by atoms with van der Waals surface area (Å²) in [6.45, 7) is 9.72. The van der Waals surface area contributed by atoms with E-state index in [1.165, 1.54) is 5.56 Å². The van der Waals surface area contributed by atoms with Crippen molar-refractivity contribution in [1.82, 2.24) is 0 Å². The molecule has 0 aromatic heterocycles. The topological polar surface area (TPSA) is 35.5 Å². The Kier molecular flexibility index (Phi) is 4.76. The minimum atomic E-state index is -0.470. The van der Waals surface area contributed by atoms with Crippen molar-refractivity contribution in [3.63, 3.8) is 0 Å². The third-order valence-corrected chi connectivity index (χ3v) is 2.32. The number of hydrogen-bond acceptors (Lipinski definition) is 3. The Bertz CT molecular complexity index is 385. The van der Waals surface area contributed by atoms with E-state index in [-0.39, 0.29) is 12.6 Å². The van der Waals surface area contributed by atoms with E-state index in [9.17, 15) is 4.79 Å². The lowest BCUT2D eigenvalue weighted by Gasteiger charge is -2.19. The molecule has 100 valence electrons. The highest BCUT2D eigenvalue weighted by atomic mass is 16.6. The lowest BCUT2D eigenvalue weighted by molar-refractivity contribution is -0.157. The number of ether oxygens (including phenoxy) is 2. The monoisotopic (exact) mass is 250 g/mol. The van der Waals surface area contributed by atoms with Gasteiger partial charge in [0.25, 0.3) is 0 Å². The van der Waals surface area contributed by atoms with E-state index in [0.29, 0.717) is 11.7 Å². The molecule has 0 spiro atoms.